The summed E-state index contributed by atoms with van der Waals surface area (Å²) < 4.78 is 19.8. The molecule has 2 aromatic carbocycles. The summed E-state index contributed by atoms with van der Waals surface area (Å²) in [5.41, 5.74) is 1.89. The molecule has 3 aromatic rings. The van der Waals surface area contributed by atoms with Crippen LogP contribution in [0.5, 0.6) is 0 Å². The largest absolute Gasteiger partial charge is 0.481 e. The number of carboxylic acid groups (broad SMARTS) is 1. The molecule has 0 bridgehead atoms. The van der Waals surface area contributed by atoms with Crippen LogP contribution >= 0.6 is 0 Å². The summed E-state index contributed by atoms with van der Waals surface area (Å²) in [4.78, 5) is 17.2. The Balaban J connectivity index is 1.50. The van der Waals surface area contributed by atoms with E-state index in [9.17, 15) is 9.90 Å². The van der Waals surface area contributed by atoms with Crippen LogP contribution in [-0.4, -0.2) is 54.3 Å². The zero-order chi connectivity index (χ0) is 27.9. The van der Waals surface area contributed by atoms with E-state index >= 15 is 0 Å². The van der Waals surface area contributed by atoms with E-state index in [-0.39, 0.29) is 0 Å². The highest BCUT2D eigenvalue weighted by atomic mass is 28.3. The monoisotopic (exact) mass is 552 g/mol. The lowest BCUT2D eigenvalue weighted by molar-refractivity contribution is -0.164. The van der Waals surface area contributed by atoms with Gasteiger partial charge in [-0.25, -0.2) is 4.98 Å². The summed E-state index contributed by atoms with van der Waals surface area (Å²) in [6, 6.07) is 15.6. The number of carboxylic acids is 1. The van der Waals surface area contributed by atoms with Crippen molar-refractivity contribution in [3.63, 3.8) is 0 Å². The number of fused-ring (bicyclic) bond motifs is 1. The molecule has 7 nitrogen and oxygen atoms in total. The van der Waals surface area contributed by atoms with Crippen LogP contribution in [0.4, 0.5) is 0 Å². The average molecular weight is 553 g/mol. The second-order valence-corrected chi connectivity index (χ2v) is 17.4. The number of hydrogen-bond acceptors (Lipinski definition) is 5. The van der Waals surface area contributed by atoms with E-state index in [4.69, 9.17) is 14.2 Å². The Bertz CT molecular complexity index is 1230. The first-order valence-electron chi connectivity index (χ1n) is 14.3. The Morgan fingerprint density at radius 2 is 1.85 bits per heavy atom. The van der Waals surface area contributed by atoms with Gasteiger partial charge in [0, 0.05) is 26.7 Å². The van der Waals surface area contributed by atoms with Crippen LogP contribution in [0.1, 0.15) is 57.2 Å². The Morgan fingerprint density at radius 3 is 2.54 bits per heavy atom. The third-order valence-corrected chi connectivity index (χ3v) is 9.37. The second-order valence-electron chi connectivity index (χ2n) is 11.8. The zero-order valence-electron chi connectivity index (χ0n) is 23.9. The van der Waals surface area contributed by atoms with Gasteiger partial charge in [-0.15, -0.1) is 0 Å². The molecular weight excluding hydrogens is 508 g/mol. The number of carbonyl (C=O) groups is 1. The van der Waals surface area contributed by atoms with E-state index < -0.39 is 25.7 Å². The summed E-state index contributed by atoms with van der Waals surface area (Å²) in [6.45, 7) is 11.3. The number of ether oxygens (including phenoxy) is 3. The lowest BCUT2D eigenvalue weighted by atomic mass is 9.98. The van der Waals surface area contributed by atoms with Gasteiger partial charge >= 0.3 is 5.97 Å². The molecule has 1 aromatic heterocycles. The summed E-state index contributed by atoms with van der Waals surface area (Å²) in [7, 11) is -1.25. The zero-order valence-corrected chi connectivity index (χ0v) is 24.9. The molecule has 1 saturated heterocycles. The molecular formula is C31H44N2O5Si. The maximum Gasteiger partial charge on any atom is 0.314 e. The van der Waals surface area contributed by atoms with E-state index in [1.807, 2.05) is 16.7 Å². The summed E-state index contributed by atoms with van der Waals surface area (Å²) in [6.07, 6.45) is 6.66. The lowest BCUT2D eigenvalue weighted by Crippen LogP contribution is -2.28. The highest BCUT2D eigenvalue weighted by Crippen LogP contribution is 2.32. The molecule has 2 heterocycles. The highest BCUT2D eigenvalue weighted by molar-refractivity contribution is 6.76. The third-order valence-electron chi connectivity index (χ3n) is 7.66. The van der Waals surface area contributed by atoms with Gasteiger partial charge in [0.15, 0.2) is 5.79 Å². The van der Waals surface area contributed by atoms with Crippen LogP contribution in [0.15, 0.2) is 48.7 Å². The summed E-state index contributed by atoms with van der Waals surface area (Å²) >= 11 is 0. The van der Waals surface area contributed by atoms with Gasteiger partial charge in [0.25, 0.3) is 0 Å². The molecule has 0 saturated carbocycles. The minimum atomic E-state index is -1.25. The van der Waals surface area contributed by atoms with Gasteiger partial charge in [-0.2, -0.15) is 0 Å². The predicted molar refractivity (Wildman–Crippen MR) is 158 cm³/mol. The molecule has 0 amide bonds. The van der Waals surface area contributed by atoms with Crippen LogP contribution in [0.2, 0.25) is 25.7 Å². The third kappa shape index (κ3) is 7.78. The molecule has 1 N–H and O–H groups in total. The standard InChI is InChI=1S/C31H44N2O5Si/c1-5-31(37-17-18-38-31)16-10-6-7-13-27(30(34)35)29-32-22-28(33(29)23-36-19-20-39(2,3)4)26-15-14-24-11-8-9-12-25(24)21-26/h8-9,11-12,14-15,21-22,27H,5-7,10,13,16-20,23H2,1-4H3,(H,34,35). The van der Waals surface area contributed by atoms with Crippen LogP contribution in [0, 0.1) is 0 Å². The van der Waals surface area contributed by atoms with Crippen LogP contribution in [0.25, 0.3) is 22.0 Å². The molecule has 1 aliphatic rings. The molecule has 0 spiro atoms. The van der Waals surface area contributed by atoms with Crippen molar-refractivity contribution in [1.82, 2.24) is 9.55 Å². The smallest absolute Gasteiger partial charge is 0.314 e. The van der Waals surface area contributed by atoms with Gasteiger partial charge in [-0.1, -0.05) is 75.8 Å². The first kappa shape index (κ1) is 29.5. The Hall–Kier alpha value is -2.52. The maximum absolute atomic E-state index is 12.5. The second kappa shape index (κ2) is 13.2. The fourth-order valence-corrected chi connectivity index (χ4v) is 5.98. The van der Waals surface area contributed by atoms with Crippen molar-refractivity contribution in [2.24, 2.45) is 0 Å². The van der Waals surface area contributed by atoms with Crippen molar-refractivity contribution in [3.05, 3.63) is 54.5 Å². The lowest BCUT2D eigenvalue weighted by Gasteiger charge is -2.25. The molecule has 1 unspecified atom stereocenters. The average Bonchev–Trinajstić information content (AvgIpc) is 3.55. The molecule has 8 heteroatoms. The number of aromatic nitrogens is 2. The van der Waals surface area contributed by atoms with Crippen molar-refractivity contribution in [2.75, 3.05) is 19.8 Å². The molecule has 39 heavy (non-hydrogen) atoms. The van der Waals surface area contributed by atoms with Crippen molar-refractivity contribution in [3.8, 4) is 11.3 Å². The Kier molecular flexibility index (Phi) is 9.99. The number of rotatable bonds is 15. The number of aliphatic carboxylic acids is 1. The van der Waals surface area contributed by atoms with Crippen LogP contribution in [-0.2, 0) is 25.7 Å². The fourth-order valence-electron chi connectivity index (χ4n) is 5.22. The topological polar surface area (TPSA) is 82.8 Å². The number of benzene rings is 2. The molecule has 212 valence electrons. The summed E-state index contributed by atoms with van der Waals surface area (Å²) in [5, 5.41) is 12.5. The van der Waals surface area contributed by atoms with E-state index in [2.05, 4.69) is 61.9 Å². The molecule has 1 fully saturated rings. The van der Waals surface area contributed by atoms with Crippen LogP contribution < -0.4 is 0 Å². The first-order valence-corrected chi connectivity index (χ1v) is 18.1. The van der Waals surface area contributed by atoms with Gasteiger partial charge < -0.3 is 23.9 Å². The van der Waals surface area contributed by atoms with E-state index in [0.29, 0.717) is 38.8 Å². The number of hydrogen-bond donors (Lipinski definition) is 1. The van der Waals surface area contributed by atoms with Gasteiger partial charge in [0.05, 0.1) is 25.1 Å². The molecule has 0 radical (unpaired) electrons. The van der Waals surface area contributed by atoms with E-state index in [0.717, 1.165) is 54.8 Å². The number of unbranched alkanes of at least 4 members (excludes halogenated alkanes) is 2. The fraction of sp³-hybridized carbons (Fsp3) is 0.548. The van der Waals surface area contributed by atoms with E-state index in [1.54, 1.807) is 6.20 Å². The minimum Gasteiger partial charge on any atom is -0.481 e. The van der Waals surface area contributed by atoms with Gasteiger partial charge in [0.2, 0.25) is 0 Å². The molecule has 0 aliphatic carbocycles. The first-order chi connectivity index (χ1) is 18.7. The number of nitrogens with zero attached hydrogens (tertiary/aromatic N) is 2. The van der Waals surface area contributed by atoms with Crippen molar-refractivity contribution < 1.29 is 24.1 Å². The van der Waals surface area contributed by atoms with Crippen molar-refractivity contribution in [1.29, 1.82) is 0 Å². The van der Waals surface area contributed by atoms with Crippen LogP contribution in [0.3, 0.4) is 0 Å². The van der Waals surface area contributed by atoms with Gasteiger partial charge in [-0.3, -0.25) is 4.79 Å². The highest BCUT2D eigenvalue weighted by Gasteiger charge is 2.34. The van der Waals surface area contributed by atoms with Crippen molar-refractivity contribution >= 4 is 24.8 Å². The molecule has 1 aliphatic heterocycles. The summed E-state index contributed by atoms with van der Waals surface area (Å²) in [5.74, 6) is -1.43. The normalized spacial score (nSPS) is 16.1. The Morgan fingerprint density at radius 1 is 1.10 bits per heavy atom. The Labute approximate surface area is 233 Å². The molecule has 1 atom stereocenters. The van der Waals surface area contributed by atoms with Crippen molar-refractivity contribution in [2.45, 2.75) is 89.6 Å². The SMILES string of the molecule is CCC1(CCCCCC(C(=O)O)c2ncc(-c3ccc4ccccc4c3)n2COCC[Si](C)(C)C)OCCO1. The minimum absolute atomic E-state index is 0.291. The molecule has 4 rings (SSSR count). The van der Waals surface area contributed by atoms with Gasteiger partial charge in [-0.05, 0) is 42.1 Å². The van der Waals surface area contributed by atoms with E-state index in [1.165, 1.54) is 5.39 Å². The predicted octanol–water partition coefficient (Wildman–Crippen LogP) is 7.29. The van der Waals surface area contributed by atoms with Gasteiger partial charge in [0.1, 0.15) is 18.5 Å². The quantitative estimate of drug-likeness (QED) is 0.157. The number of imidazole rings is 1. The maximum atomic E-state index is 12.5.